The van der Waals surface area contributed by atoms with Crippen LogP contribution in [0.1, 0.15) is 43.9 Å². The van der Waals surface area contributed by atoms with Gasteiger partial charge in [-0.3, -0.25) is 0 Å². The molecule has 2 heterocycles. The fourth-order valence-corrected chi connectivity index (χ4v) is 2.90. The van der Waals surface area contributed by atoms with Crippen LogP contribution in [0.2, 0.25) is 0 Å². The van der Waals surface area contributed by atoms with Crippen molar-refractivity contribution >= 4 is 5.82 Å². The minimum atomic E-state index is 0.0807. The number of piperidine rings is 1. The van der Waals surface area contributed by atoms with E-state index in [2.05, 4.69) is 37.7 Å². The van der Waals surface area contributed by atoms with Crippen LogP contribution >= 0.6 is 0 Å². The van der Waals surface area contributed by atoms with Gasteiger partial charge in [0.25, 0.3) is 0 Å². The van der Waals surface area contributed by atoms with E-state index in [0.29, 0.717) is 5.92 Å². The molecule has 1 aromatic rings. The summed E-state index contributed by atoms with van der Waals surface area (Å²) in [5.41, 5.74) is 2.02. The second-order valence-corrected chi connectivity index (χ2v) is 6.70. The molecule has 4 nitrogen and oxygen atoms in total. The molecule has 1 aromatic heterocycles. The van der Waals surface area contributed by atoms with Crippen LogP contribution in [0.5, 0.6) is 0 Å². The summed E-state index contributed by atoms with van der Waals surface area (Å²) in [7, 11) is 4.31. The number of aliphatic hydroxyl groups is 1. The van der Waals surface area contributed by atoms with Crippen molar-refractivity contribution in [2.45, 2.75) is 39.2 Å². The second-order valence-electron chi connectivity index (χ2n) is 6.70. The van der Waals surface area contributed by atoms with Gasteiger partial charge in [0.05, 0.1) is 6.61 Å². The lowest BCUT2D eigenvalue weighted by Crippen LogP contribution is -2.36. The average molecular weight is 291 g/mol. The van der Waals surface area contributed by atoms with E-state index < -0.39 is 0 Å². The normalized spacial score (nSPS) is 17.4. The van der Waals surface area contributed by atoms with E-state index in [1.54, 1.807) is 0 Å². The Labute approximate surface area is 128 Å². The fraction of sp³-hybridized carbons (Fsp3) is 0.706. The van der Waals surface area contributed by atoms with Gasteiger partial charge in [0.2, 0.25) is 0 Å². The van der Waals surface area contributed by atoms with Crippen molar-refractivity contribution in [1.82, 2.24) is 9.88 Å². The molecule has 0 radical (unpaired) electrons. The summed E-state index contributed by atoms with van der Waals surface area (Å²) in [6, 6.07) is 4.03. The number of aliphatic hydroxyl groups excluding tert-OH is 1. The van der Waals surface area contributed by atoms with Gasteiger partial charge in [-0.05, 0) is 62.5 Å². The Bertz CT molecular complexity index is 453. The van der Waals surface area contributed by atoms with Crippen LogP contribution in [-0.4, -0.2) is 48.7 Å². The summed E-state index contributed by atoms with van der Waals surface area (Å²) in [6.07, 6.45) is 2.52. The highest BCUT2D eigenvalue weighted by atomic mass is 16.3. The number of nitrogens with zero attached hydrogens (tertiary/aromatic N) is 3. The van der Waals surface area contributed by atoms with Crippen LogP contribution in [0, 0.1) is 5.92 Å². The smallest absolute Gasteiger partial charge is 0.128 e. The summed E-state index contributed by atoms with van der Waals surface area (Å²) in [6.45, 7) is 7.80. The molecule has 118 valence electrons. The molecule has 1 fully saturated rings. The lowest BCUT2D eigenvalue weighted by molar-refractivity contribution is 0.222. The summed E-state index contributed by atoms with van der Waals surface area (Å²) >= 11 is 0. The van der Waals surface area contributed by atoms with E-state index in [-0.39, 0.29) is 6.61 Å². The van der Waals surface area contributed by atoms with Gasteiger partial charge in [-0.1, -0.05) is 13.8 Å². The van der Waals surface area contributed by atoms with Crippen molar-refractivity contribution in [3.8, 4) is 0 Å². The Morgan fingerprint density at radius 1 is 1.33 bits per heavy atom. The second kappa shape index (κ2) is 7.23. The molecular formula is C17H29N3O. The maximum atomic E-state index is 9.45. The Morgan fingerprint density at radius 2 is 2.00 bits per heavy atom. The maximum absolute atomic E-state index is 9.45. The monoisotopic (exact) mass is 291 g/mol. The van der Waals surface area contributed by atoms with Gasteiger partial charge in [-0.15, -0.1) is 0 Å². The van der Waals surface area contributed by atoms with E-state index >= 15 is 0 Å². The minimum Gasteiger partial charge on any atom is -0.392 e. The quantitative estimate of drug-likeness (QED) is 0.904. The molecule has 0 atom stereocenters. The first-order valence-electron chi connectivity index (χ1n) is 8.01. The summed E-state index contributed by atoms with van der Waals surface area (Å²) < 4.78 is 0. The SMILES string of the molecule is CC(C)c1cc(CO)cc(N(C)CC2CCN(C)CC2)n1. The van der Waals surface area contributed by atoms with Gasteiger partial charge in [-0.25, -0.2) is 4.98 Å². The van der Waals surface area contributed by atoms with Crippen LogP contribution < -0.4 is 4.90 Å². The van der Waals surface area contributed by atoms with E-state index in [9.17, 15) is 5.11 Å². The molecule has 2 rings (SSSR count). The molecule has 4 heteroatoms. The zero-order chi connectivity index (χ0) is 15.4. The predicted molar refractivity (Wildman–Crippen MR) is 87.7 cm³/mol. The molecule has 0 saturated carbocycles. The van der Waals surface area contributed by atoms with Crippen LogP contribution in [0.3, 0.4) is 0 Å². The molecule has 1 saturated heterocycles. The van der Waals surface area contributed by atoms with Crippen molar-refractivity contribution in [3.05, 3.63) is 23.4 Å². The summed E-state index contributed by atoms with van der Waals surface area (Å²) in [5.74, 6) is 2.12. The topological polar surface area (TPSA) is 39.6 Å². The third-order valence-corrected chi connectivity index (χ3v) is 4.43. The van der Waals surface area contributed by atoms with Crippen LogP contribution in [0.4, 0.5) is 5.82 Å². The van der Waals surface area contributed by atoms with Gasteiger partial charge < -0.3 is 14.9 Å². The first-order chi connectivity index (χ1) is 9.99. The first kappa shape index (κ1) is 16.2. The minimum absolute atomic E-state index is 0.0807. The molecule has 0 spiro atoms. The van der Waals surface area contributed by atoms with Gasteiger partial charge in [0.1, 0.15) is 5.82 Å². The third-order valence-electron chi connectivity index (χ3n) is 4.43. The molecule has 0 aliphatic carbocycles. The number of hydrogen-bond donors (Lipinski definition) is 1. The van der Waals surface area contributed by atoms with Gasteiger partial charge in [0, 0.05) is 19.3 Å². The Hall–Kier alpha value is -1.13. The number of hydrogen-bond acceptors (Lipinski definition) is 4. The lowest BCUT2D eigenvalue weighted by Gasteiger charge is -2.32. The largest absolute Gasteiger partial charge is 0.392 e. The van der Waals surface area contributed by atoms with Crippen LogP contribution in [0.15, 0.2) is 12.1 Å². The van der Waals surface area contributed by atoms with Gasteiger partial charge in [-0.2, -0.15) is 0 Å². The molecule has 0 amide bonds. The van der Waals surface area contributed by atoms with E-state index in [1.165, 1.54) is 25.9 Å². The lowest BCUT2D eigenvalue weighted by atomic mass is 9.96. The maximum Gasteiger partial charge on any atom is 0.128 e. The third kappa shape index (κ3) is 4.42. The van der Waals surface area contributed by atoms with Crippen molar-refractivity contribution < 1.29 is 5.11 Å². The summed E-state index contributed by atoms with van der Waals surface area (Å²) in [5, 5.41) is 9.45. The Morgan fingerprint density at radius 3 is 2.57 bits per heavy atom. The molecule has 0 aromatic carbocycles. The Balaban J connectivity index is 2.07. The number of likely N-dealkylation sites (tertiary alicyclic amines) is 1. The van der Waals surface area contributed by atoms with E-state index in [4.69, 9.17) is 4.98 Å². The highest BCUT2D eigenvalue weighted by molar-refractivity contribution is 5.42. The first-order valence-corrected chi connectivity index (χ1v) is 8.01. The van der Waals surface area contributed by atoms with Crippen LogP contribution in [0.25, 0.3) is 0 Å². The molecule has 1 aliphatic rings. The van der Waals surface area contributed by atoms with Gasteiger partial charge in [0.15, 0.2) is 0 Å². The fourth-order valence-electron chi connectivity index (χ4n) is 2.90. The average Bonchev–Trinajstić information content (AvgIpc) is 2.49. The predicted octanol–water partition coefficient (Wildman–Crippen LogP) is 2.48. The number of anilines is 1. The number of pyridine rings is 1. The zero-order valence-electron chi connectivity index (χ0n) is 13.8. The van der Waals surface area contributed by atoms with Crippen LogP contribution in [-0.2, 0) is 6.61 Å². The van der Waals surface area contributed by atoms with Gasteiger partial charge >= 0.3 is 0 Å². The molecule has 1 aliphatic heterocycles. The van der Waals surface area contributed by atoms with E-state index in [1.807, 2.05) is 12.1 Å². The molecular weight excluding hydrogens is 262 g/mol. The molecule has 21 heavy (non-hydrogen) atoms. The zero-order valence-corrected chi connectivity index (χ0v) is 13.8. The molecule has 1 N–H and O–H groups in total. The highest BCUT2D eigenvalue weighted by Crippen LogP contribution is 2.23. The van der Waals surface area contributed by atoms with Crippen molar-refractivity contribution in [1.29, 1.82) is 0 Å². The Kier molecular flexibility index (Phi) is 5.59. The van der Waals surface area contributed by atoms with Crippen molar-refractivity contribution in [2.24, 2.45) is 5.92 Å². The number of rotatable bonds is 5. The molecule has 0 unspecified atom stereocenters. The standard InChI is InChI=1S/C17H29N3O/c1-13(2)16-9-15(12-21)10-17(18-16)20(4)11-14-5-7-19(3)8-6-14/h9-10,13-14,21H,5-8,11-12H2,1-4H3. The highest BCUT2D eigenvalue weighted by Gasteiger charge is 2.19. The molecule has 0 bridgehead atoms. The number of aromatic nitrogens is 1. The summed E-state index contributed by atoms with van der Waals surface area (Å²) in [4.78, 5) is 9.42. The van der Waals surface area contributed by atoms with Crippen molar-refractivity contribution in [3.63, 3.8) is 0 Å². The van der Waals surface area contributed by atoms with E-state index in [0.717, 1.165) is 29.5 Å². The van der Waals surface area contributed by atoms with Crippen molar-refractivity contribution in [2.75, 3.05) is 38.6 Å².